The lowest BCUT2D eigenvalue weighted by molar-refractivity contribution is 0.669. The van der Waals surface area contributed by atoms with E-state index in [0.29, 0.717) is 0 Å². The van der Waals surface area contributed by atoms with Crippen molar-refractivity contribution in [1.82, 2.24) is 0 Å². The quantitative estimate of drug-likeness (QED) is 0.371. The van der Waals surface area contributed by atoms with Gasteiger partial charge in [0.15, 0.2) is 0 Å². The molecule has 0 bridgehead atoms. The number of furan rings is 1. The van der Waals surface area contributed by atoms with E-state index in [1.54, 1.807) is 0 Å². The van der Waals surface area contributed by atoms with Gasteiger partial charge in [0, 0.05) is 20.3 Å². The number of hydrogen-bond donors (Lipinski definition) is 0. The van der Waals surface area contributed by atoms with Crippen LogP contribution in [0.15, 0.2) is 69.6 Å². The van der Waals surface area contributed by atoms with Gasteiger partial charge in [-0.2, -0.15) is 0 Å². The smallest absolute Gasteiger partial charge is 0.136 e. The highest BCUT2D eigenvalue weighted by Gasteiger charge is 2.09. The Morgan fingerprint density at radius 1 is 0.810 bits per heavy atom. The van der Waals surface area contributed by atoms with Crippen molar-refractivity contribution in [3.05, 3.63) is 70.2 Å². The predicted octanol–water partition coefficient (Wildman–Crippen LogP) is 6.67. The molecule has 4 aromatic rings. The van der Waals surface area contributed by atoms with Crippen molar-refractivity contribution >= 4 is 49.5 Å². The van der Waals surface area contributed by atoms with Crippen LogP contribution in [0.1, 0.15) is 0 Å². The molecule has 0 spiro atoms. The molecule has 0 aliphatic heterocycles. The molecule has 0 aliphatic rings. The Bertz CT molecular complexity index is 971. The Labute approximate surface area is 135 Å². The number of para-hydroxylation sites is 1. The average Bonchev–Trinajstić information content (AvgIpc) is 2.87. The molecule has 0 N–H and O–H groups in total. The zero-order valence-corrected chi connectivity index (χ0v) is 13.3. The minimum Gasteiger partial charge on any atom is -0.456 e. The lowest BCUT2D eigenvalue weighted by atomic mass is 10.0. The highest BCUT2D eigenvalue weighted by molar-refractivity contribution is 9.10. The van der Waals surface area contributed by atoms with E-state index in [4.69, 9.17) is 16.0 Å². The number of fused-ring (bicyclic) bond motifs is 3. The van der Waals surface area contributed by atoms with Gasteiger partial charge in [-0.15, -0.1) is 0 Å². The molecule has 4 rings (SSSR count). The minimum atomic E-state index is 0.720. The van der Waals surface area contributed by atoms with Gasteiger partial charge in [0.1, 0.15) is 11.2 Å². The van der Waals surface area contributed by atoms with Gasteiger partial charge in [-0.1, -0.05) is 51.8 Å². The van der Waals surface area contributed by atoms with Gasteiger partial charge in [-0.3, -0.25) is 0 Å². The summed E-state index contributed by atoms with van der Waals surface area (Å²) in [6.45, 7) is 0. The summed E-state index contributed by atoms with van der Waals surface area (Å²) >= 11 is 9.68. The molecule has 0 amide bonds. The average molecular weight is 358 g/mol. The Balaban J connectivity index is 1.98. The first kappa shape index (κ1) is 12.9. The van der Waals surface area contributed by atoms with Crippen LogP contribution in [-0.2, 0) is 0 Å². The maximum Gasteiger partial charge on any atom is 0.136 e. The SMILES string of the molecule is Clc1ccc(Br)c(-c2ccc3c(c2)oc2ccccc23)c1. The van der Waals surface area contributed by atoms with Crippen LogP contribution in [0.25, 0.3) is 33.1 Å². The molecule has 0 unspecified atom stereocenters. The molecule has 1 aromatic heterocycles. The van der Waals surface area contributed by atoms with Crippen LogP contribution in [0.4, 0.5) is 0 Å². The lowest BCUT2D eigenvalue weighted by Gasteiger charge is -2.05. The summed E-state index contributed by atoms with van der Waals surface area (Å²) in [6, 6.07) is 20.1. The van der Waals surface area contributed by atoms with Crippen LogP contribution < -0.4 is 0 Å². The zero-order chi connectivity index (χ0) is 14.4. The second kappa shape index (κ2) is 4.90. The highest BCUT2D eigenvalue weighted by Crippen LogP contribution is 2.35. The van der Waals surface area contributed by atoms with Gasteiger partial charge in [-0.25, -0.2) is 0 Å². The fourth-order valence-electron chi connectivity index (χ4n) is 2.61. The third-order valence-corrected chi connectivity index (χ3v) is 4.54. The van der Waals surface area contributed by atoms with E-state index in [-0.39, 0.29) is 0 Å². The molecule has 102 valence electrons. The van der Waals surface area contributed by atoms with E-state index in [2.05, 4.69) is 40.2 Å². The van der Waals surface area contributed by atoms with Gasteiger partial charge in [0.2, 0.25) is 0 Å². The van der Waals surface area contributed by atoms with Gasteiger partial charge in [0.05, 0.1) is 0 Å². The summed E-state index contributed by atoms with van der Waals surface area (Å²) in [5, 5.41) is 3.00. The monoisotopic (exact) mass is 356 g/mol. The van der Waals surface area contributed by atoms with Crippen molar-refractivity contribution in [3.63, 3.8) is 0 Å². The van der Waals surface area contributed by atoms with Crippen LogP contribution in [0, 0.1) is 0 Å². The van der Waals surface area contributed by atoms with Crippen molar-refractivity contribution < 1.29 is 4.42 Å². The van der Waals surface area contributed by atoms with Crippen LogP contribution >= 0.6 is 27.5 Å². The molecular formula is C18H10BrClO. The van der Waals surface area contributed by atoms with Crippen molar-refractivity contribution in [1.29, 1.82) is 0 Å². The Morgan fingerprint density at radius 3 is 2.52 bits per heavy atom. The number of halogens is 2. The Kier molecular flexibility index (Phi) is 3.02. The van der Waals surface area contributed by atoms with Crippen molar-refractivity contribution in [2.24, 2.45) is 0 Å². The van der Waals surface area contributed by atoms with Gasteiger partial charge < -0.3 is 4.42 Å². The summed E-state index contributed by atoms with van der Waals surface area (Å²) in [5.74, 6) is 0. The van der Waals surface area contributed by atoms with E-state index in [1.165, 1.54) is 0 Å². The first-order valence-electron chi connectivity index (χ1n) is 6.59. The Hall–Kier alpha value is -1.77. The molecule has 21 heavy (non-hydrogen) atoms. The molecule has 0 radical (unpaired) electrons. The number of benzene rings is 3. The summed E-state index contributed by atoms with van der Waals surface area (Å²) in [4.78, 5) is 0. The second-order valence-electron chi connectivity index (χ2n) is 4.93. The number of hydrogen-bond acceptors (Lipinski definition) is 1. The normalized spacial score (nSPS) is 11.3. The molecule has 3 aromatic carbocycles. The number of rotatable bonds is 1. The van der Waals surface area contributed by atoms with E-state index >= 15 is 0 Å². The largest absolute Gasteiger partial charge is 0.456 e. The molecule has 0 aliphatic carbocycles. The first-order chi connectivity index (χ1) is 10.2. The molecular weight excluding hydrogens is 348 g/mol. The summed E-state index contributed by atoms with van der Waals surface area (Å²) in [6.07, 6.45) is 0. The minimum absolute atomic E-state index is 0.720. The van der Waals surface area contributed by atoms with Gasteiger partial charge in [-0.05, 0) is 47.5 Å². The van der Waals surface area contributed by atoms with Crippen LogP contribution in [0.5, 0.6) is 0 Å². The fourth-order valence-corrected chi connectivity index (χ4v) is 3.26. The maximum atomic E-state index is 6.10. The van der Waals surface area contributed by atoms with Crippen LogP contribution in [-0.4, -0.2) is 0 Å². The maximum absolute atomic E-state index is 6.10. The fraction of sp³-hybridized carbons (Fsp3) is 0. The third kappa shape index (κ3) is 2.15. The van der Waals surface area contributed by atoms with Crippen molar-refractivity contribution in [2.45, 2.75) is 0 Å². The third-order valence-electron chi connectivity index (χ3n) is 3.62. The molecule has 1 heterocycles. The van der Waals surface area contributed by atoms with E-state index in [9.17, 15) is 0 Å². The lowest BCUT2D eigenvalue weighted by Crippen LogP contribution is -1.80. The standard InChI is InChI=1S/C18H10BrClO/c19-16-8-6-12(20)10-15(16)11-5-7-14-13-3-1-2-4-17(13)21-18(14)9-11/h1-10H. The predicted molar refractivity (Wildman–Crippen MR) is 91.9 cm³/mol. The van der Waals surface area contributed by atoms with Gasteiger partial charge in [0.25, 0.3) is 0 Å². The topological polar surface area (TPSA) is 13.1 Å². The van der Waals surface area contributed by atoms with E-state index in [0.717, 1.165) is 42.6 Å². The molecule has 3 heteroatoms. The molecule has 1 nitrogen and oxygen atoms in total. The Morgan fingerprint density at radius 2 is 1.62 bits per heavy atom. The first-order valence-corrected chi connectivity index (χ1v) is 7.76. The molecule has 0 fully saturated rings. The molecule has 0 saturated carbocycles. The van der Waals surface area contributed by atoms with Crippen LogP contribution in [0.2, 0.25) is 5.02 Å². The van der Waals surface area contributed by atoms with Crippen molar-refractivity contribution in [3.8, 4) is 11.1 Å². The summed E-state index contributed by atoms with van der Waals surface area (Å²) in [5.41, 5.74) is 3.94. The van der Waals surface area contributed by atoms with Crippen LogP contribution in [0.3, 0.4) is 0 Å². The van der Waals surface area contributed by atoms with E-state index < -0.39 is 0 Å². The highest BCUT2D eigenvalue weighted by atomic mass is 79.9. The molecule has 0 atom stereocenters. The zero-order valence-electron chi connectivity index (χ0n) is 10.9. The summed E-state index contributed by atoms with van der Waals surface area (Å²) < 4.78 is 6.95. The second-order valence-corrected chi connectivity index (χ2v) is 6.22. The molecule has 0 saturated heterocycles. The van der Waals surface area contributed by atoms with E-state index in [1.807, 2.05) is 36.4 Å². The van der Waals surface area contributed by atoms with Gasteiger partial charge >= 0.3 is 0 Å². The van der Waals surface area contributed by atoms with Crippen molar-refractivity contribution in [2.75, 3.05) is 0 Å². The summed E-state index contributed by atoms with van der Waals surface area (Å²) in [7, 11) is 0.